The highest BCUT2D eigenvalue weighted by Crippen LogP contribution is 2.23. The Hall–Kier alpha value is -4.10. The van der Waals surface area contributed by atoms with Crippen LogP contribution in [0.3, 0.4) is 0 Å². The SMILES string of the molecule is CCc1nc2cnc(N3CCNCC3)cn2c1CNc1ncc(C#N)c(-c2ccc(F)cc2)n1. The van der Waals surface area contributed by atoms with Crippen molar-refractivity contribution in [1.29, 1.82) is 5.26 Å². The van der Waals surface area contributed by atoms with Crippen molar-refractivity contribution in [3.63, 3.8) is 0 Å². The summed E-state index contributed by atoms with van der Waals surface area (Å²) in [6, 6.07) is 8.01. The van der Waals surface area contributed by atoms with Gasteiger partial charge in [0.15, 0.2) is 5.65 Å². The van der Waals surface area contributed by atoms with Gasteiger partial charge in [-0.3, -0.25) is 4.40 Å². The molecule has 0 atom stereocenters. The van der Waals surface area contributed by atoms with Crippen molar-refractivity contribution in [3.05, 3.63) is 65.6 Å². The van der Waals surface area contributed by atoms with Crippen LogP contribution in [-0.4, -0.2) is 50.5 Å². The molecular formula is C24H24FN9. The Morgan fingerprint density at radius 1 is 1.12 bits per heavy atom. The monoisotopic (exact) mass is 457 g/mol. The summed E-state index contributed by atoms with van der Waals surface area (Å²) in [4.78, 5) is 20.5. The lowest BCUT2D eigenvalue weighted by Crippen LogP contribution is -2.44. The summed E-state index contributed by atoms with van der Waals surface area (Å²) in [6.45, 7) is 6.21. The van der Waals surface area contributed by atoms with E-state index in [2.05, 4.69) is 47.9 Å². The first-order valence-electron chi connectivity index (χ1n) is 11.2. The number of anilines is 2. The maximum atomic E-state index is 13.4. The van der Waals surface area contributed by atoms with Gasteiger partial charge in [-0.15, -0.1) is 0 Å². The third-order valence-corrected chi connectivity index (χ3v) is 5.89. The molecule has 0 amide bonds. The maximum absolute atomic E-state index is 13.4. The van der Waals surface area contributed by atoms with Crippen LogP contribution < -0.4 is 15.5 Å². The van der Waals surface area contributed by atoms with Gasteiger partial charge in [0.25, 0.3) is 0 Å². The number of nitriles is 1. The summed E-state index contributed by atoms with van der Waals surface area (Å²) in [6.07, 6.45) is 6.10. The van der Waals surface area contributed by atoms with Crippen LogP contribution in [0.5, 0.6) is 0 Å². The van der Waals surface area contributed by atoms with E-state index in [0.717, 1.165) is 55.5 Å². The highest BCUT2D eigenvalue weighted by molar-refractivity contribution is 5.67. The Morgan fingerprint density at radius 2 is 1.91 bits per heavy atom. The van der Waals surface area contributed by atoms with Gasteiger partial charge in [0.1, 0.15) is 17.7 Å². The molecule has 4 aromatic rings. The third-order valence-electron chi connectivity index (χ3n) is 5.89. The van der Waals surface area contributed by atoms with Crippen molar-refractivity contribution in [1.82, 2.24) is 29.7 Å². The summed E-state index contributed by atoms with van der Waals surface area (Å²) >= 11 is 0. The van der Waals surface area contributed by atoms with Crippen LogP contribution in [0.1, 0.15) is 23.9 Å². The van der Waals surface area contributed by atoms with Gasteiger partial charge in [-0.25, -0.2) is 24.3 Å². The second-order valence-corrected chi connectivity index (χ2v) is 8.00. The molecule has 1 aliphatic rings. The number of hydrogen-bond acceptors (Lipinski definition) is 8. The zero-order valence-electron chi connectivity index (χ0n) is 18.8. The van der Waals surface area contributed by atoms with E-state index in [1.54, 1.807) is 12.1 Å². The largest absolute Gasteiger partial charge is 0.353 e. The first kappa shape index (κ1) is 21.7. The van der Waals surface area contributed by atoms with Crippen LogP contribution in [0.15, 0.2) is 42.9 Å². The highest BCUT2D eigenvalue weighted by Gasteiger charge is 2.17. The number of imidazole rings is 1. The van der Waals surface area contributed by atoms with Gasteiger partial charge in [-0.05, 0) is 30.7 Å². The number of nitrogens with zero attached hydrogens (tertiary/aromatic N) is 7. The van der Waals surface area contributed by atoms with E-state index in [9.17, 15) is 9.65 Å². The van der Waals surface area contributed by atoms with Crippen LogP contribution in [0, 0.1) is 17.1 Å². The minimum atomic E-state index is -0.343. The number of hydrogen-bond donors (Lipinski definition) is 2. The van der Waals surface area contributed by atoms with Gasteiger partial charge >= 0.3 is 0 Å². The van der Waals surface area contributed by atoms with E-state index in [0.29, 0.717) is 29.3 Å². The van der Waals surface area contributed by atoms with Crippen LogP contribution in [0.2, 0.25) is 0 Å². The summed E-state index contributed by atoms with van der Waals surface area (Å²) in [5, 5.41) is 16.1. The van der Waals surface area contributed by atoms with E-state index in [1.807, 2.05) is 12.4 Å². The molecule has 0 unspecified atom stereocenters. The van der Waals surface area contributed by atoms with E-state index >= 15 is 0 Å². The smallest absolute Gasteiger partial charge is 0.223 e. The van der Waals surface area contributed by atoms with Gasteiger partial charge in [0.2, 0.25) is 5.95 Å². The minimum absolute atomic E-state index is 0.327. The predicted molar refractivity (Wildman–Crippen MR) is 127 cm³/mol. The van der Waals surface area contributed by atoms with Gasteiger partial charge in [-0.1, -0.05) is 6.92 Å². The average Bonchev–Trinajstić information content (AvgIpc) is 3.25. The normalized spacial score (nSPS) is 13.7. The molecule has 2 N–H and O–H groups in total. The molecule has 3 aromatic heterocycles. The molecule has 1 saturated heterocycles. The second-order valence-electron chi connectivity index (χ2n) is 8.00. The summed E-state index contributed by atoms with van der Waals surface area (Å²) < 4.78 is 15.4. The van der Waals surface area contributed by atoms with E-state index in [4.69, 9.17) is 4.98 Å². The molecule has 34 heavy (non-hydrogen) atoms. The van der Waals surface area contributed by atoms with Gasteiger partial charge in [0, 0.05) is 31.7 Å². The molecule has 5 rings (SSSR count). The summed E-state index contributed by atoms with van der Waals surface area (Å²) in [5.41, 5.74) is 4.21. The molecule has 0 saturated carbocycles. The number of benzene rings is 1. The Morgan fingerprint density at radius 3 is 2.65 bits per heavy atom. The average molecular weight is 458 g/mol. The quantitative estimate of drug-likeness (QED) is 0.455. The molecular weight excluding hydrogens is 433 g/mol. The fourth-order valence-corrected chi connectivity index (χ4v) is 4.11. The third kappa shape index (κ3) is 4.25. The van der Waals surface area contributed by atoms with E-state index in [-0.39, 0.29) is 5.82 Å². The Kier molecular flexibility index (Phi) is 6.01. The van der Waals surface area contributed by atoms with Crippen molar-refractivity contribution >= 4 is 17.4 Å². The molecule has 10 heteroatoms. The number of piperazine rings is 1. The molecule has 1 aromatic carbocycles. The molecule has 172 valence electrons. The molecule has 1 aliphatic heterocycles. The van der Waals surface area contributed by atoms with Crippen molar-refractivity contribution in [2.45, 2.75) is 19.9 Å². The molecule has 4 heterocycles. The first-order chi connectivity index (χ1) is 16.7. The standard InChI is InChI=1S/C24H24FN9/c1-2-19-20(34-15-22(28-14-21(34)31-19)33-9-7-27-8-10-33)13-30-24-29-12-17(11-26)23(32-24)16-3-5-18(25)6-4-16/h3-6,12,14-15,27H,2,7-10,13H2,1H3,(H,29,30,32). The lowest BCUT2D eigenvalue weighted by atomic mass is 10.1. The van der Waals surface area contributed by atoms with Crippen molar-refractivity contribution in [3.8, 4) is 17.3 Å². The topological polar surface area (TPSA) is 107 Å². The number of nitrogens with one attached hydrogen (secondary N) is 2. The van der Waals surface area contributed by atoms with Crippen LogP contribution in [-0.2, 0) is 13.0 Å². The van der Waals surface area contributed by atoms with Gasteiger partial charge in [0.05, 0.1) is 47.8 Å². The number of fused-ring (bicyclic) bond motifs is 1. The number of rotatable bonds is 6. The number of halogens is 1. The van der Waals surface area contributed by atoms with Crippen molar-refractivity contribution in [2.24, 2.45) is 0 Å². The molecule has 0 bridgehead atoms. The van der Waals surface area contributed by atoms with Crippen LogP contribution >= 0.6 is 0 Å². The second kappa shape index (κ2) is 9.41. The highest BCUT2D eigenvalue weighted by atomic mass is 19.1. The fourth-order valence-electron chi connectivity index (χ4n) is 4.11. The zero-order valence-corrected chi connectivity index (χ0v) is 18.8. The lowest BCUT2D eigenvalue weighted by Gasteiger charge is -2.28. The molecule has 1 fully saturated rings. The Bertz CT molecular complexity index is 1350. The molecule has 9 nitrogen and oxygen atoms in total. The Labute approximate surface area is 196 Å². The van der Waals surface area contributed by atoms with Crippen LogP contribution in [0.25, 0.3) is 16.9 Å². The fraction of sp³-hybridized carbons (Fsp3) is 0.292. The van der Waals surface area contributed by atoms with Crippen molar-refractivity contribution in [2.75, 3.05) is 36.4 Å². The first-order valence-corrected chi connectivity index (χ1v) is 11.2. The van der Waals surface area contributed by atoms with Gasteiger partial charge < -0.3 is 15.5 Å². The predicted octanol–water partition coefficient (Wildman–Crippen LogP) is 2.78. The Balaban J connectivity index is 1.44. The lowest BCUT2D eigenvalue weighted by molar-refractivity contribution is 0.584. The zero-order chi connectivity index (χ0) is 23.5. The minimum Gasteiger partial charge on any atom is -0.353 e. The summed E-state index contributed by atoms with van der Waals surface area (Å²) in [7, 11) is 0. The van der Waals surface area contributed by atoms with Gasteiger partial charge in [-0.2, -0.15) is 5.26 Å². The molecule has 0 radical (unpaired) electrons. The maximum Gasteiger partial charge on any atom is 0.223 e. The molecule has 0 spiro atoms. The van der Waals surface area contributed by atoms with E-state index < -0.39 is 0 Å². The van der Waals surface area contributed by atoms with E-state index in [1.165, 1.54) is 18.3 Å². The number of aryl methyl sites for hydroxylation is 1. The molecule has 0 aliphatic carbocycles. The summed E-state index contributed by atoms with van der Waals surface area (Å²) in [5.74, 6) is 0.958. The number of aromatic nitrogens is 5. The van der Waals surface area contributed by atoms with Crippen molar-refractivity contribution < 1.29 is 4.39 Å². The van der Waals surface area contributed by atoms with Crippen LogP contribution in [0.4, 0.5) is 16.2 Å².